The van der Waals surface area contributed by atoms with Crippen molar-refractivity contribution in [2.75, 3.05) is 40.4 Å². The van der Waals surface area contributed by atoms with Crippen LogP contribution in [0.3, 0.4) is 0 Å². The Morgan fingerprint density at radius 2 is 1.18 bits per heavy atom. The lowest BCUT2D eigenvalue weighted by molar-refractivity contribution is 0.0651. The molecule has 0 amide bonds. The number of carboxylic acid groups (broad SMARTS) is 2. The number of hydrogen-bond acceptors (Lipinski definition) is 6. The van der Waals surface area contributed by atoms with Gasteiger partial charge in [-0.2, -0.15) is 0 Å². The summed E-state index contributed by atoms with van der Waals surface area (Å²) < 4.78 is 0. The average Bonchev–Trinajstić information content (AvgIpc) is 2.50. The Kier molecular flexibility index (Phi) is 15.6. The number of rotatable bonds is 6. The zero-order valence-corrected chi connectivity index (χ0v) is 12.7. The van der Waals surface area contributed by atoms with Crippen LogP contribution in [-0.4, -0.2) is 72.8 Å². The molecule has 6 N–H and O–H groups in total. The second-order valence-corrected chi connectivity index (χ2v) is 3.81. The number of aliphatic hydroxyl groups is 2. The maximum Gasteiger partial charge on any atom is 0.336 e. The van der Waals surface area contributed by atoms with Crippen LogP contribution in [-0.2, 0) is 0 Å². The molecule has 22 heavy (non-hydrogen) atoms. The van der Waals surface area contributed by atoms with Crippen molar-refractivity contribution in [2.24, 2.45) is 0 Å². The third-order valence-electron chi connectivity index (χ3n) is 2.11. The van der Waals surface area contributed by atoms with Gasteiger partial charge in [0, 0.05) is 13.1 Å². The minimum absolute atomic E-state index is 0.190. The predicted molar refractivity (Wildman–Crippen MR) is 82.4 cm³/mol. The highest BCUT2D eigenvalue weighted by Gasteiger charge is 2.13. The molecule has 1 aromatic carbocycles. The standard InChI is InChI=1S/C8H6O4.2C3H9NO/c9-7(10)5-3-1-2-4-6(5)8(11)12;2*1-4-2-3-5/h1-4H,(H,9,10)(H,11,12);2*4-5H,2-3H2,1H3. The topological polar surface area (TPSA) is 139 Å². The van der Waals surface area contributed by atoms with E-state index in [0.717, 1.165) is 0 Å². The molecule has 0 saturated carbocycles. The van der Waals surface area contributed by atoms with Crippen molar-refractivity contribution in [3.05, 3.63) is 35.4 Å². The molecule has 0 aromatic heterocycles. The van der Waals surface area contributed by atoms with Crippen molar-refractivity contribution < 1.29 is 30.0 Å². The van der Waals surface area contributed by atoms with Crippen LogP contribution in [0.25, 0.3) is 0 Å². The van der Waals surface area contributed by atoms with E-state index in [-0.39, 0.29) is 24.3 Å². The summed E-state index contributed by atoms with van der Waals surface area (Å²) >= 11 is 0. The number of hydrogen-bond donors (Lipinski definition) is 6. The number of carboxylic acids is 2. The van der Waals surface area contributed by atoms with Gasteiger partial charge in [-0.15, -0.1) is 0 Å². The Hall–Kier alpha value is -2.00. The predicted octanol–water partition coefficient (Wildman–Crippen LogP) is -0.521. The Balaban J connectivity index is 0. The Labute approximate surface area is 129 Å². The summed E-state index contributed by atoms with van der Waals surface area (Å²) in [7, 11) is 3.60. The van der Waals surface area contributed by atoms with E-state index in [2.05, 4.69) is 10.6 Å². The number of aliphatic hydroxyl groups excluding tert-OH is 2. The summed E-state index contributed by atoms with van der Waals surface area (Å²) in [6.45, 7) is 1.85. The molecule has 0 aliphatic carbocycles. The SMILES string of the molecule is CNCCO.CNCCO.O=C(O)c1ccccc1C(=O)O. The van der Waals surface area contributed by atoms with Gasteiger partial charge in [0.2, 0.25) is 0 Å². The van der Waals surface area contributed by atoms with Crippen LogP contribution in [0.4, 0.5) is 0 Å². The first-order valence-corrected chi connectivity index (χ1v) is 6.52. The molecule has 0 saturated heterocycles. The number of benzene rings is 1. The van der Waals surface area contributed by atoms with Crippen LogP contribution in [0, 0.1) is 0 Å². The van der Waals surface area contributed by atoms with Gasteiger partial charge < -0.3 is 31.1 Å². The van der Waals surface area contributed by atoms with Crippen LogP contribution in [0.5, 0.6) is 0 Å². The van der Waals surface area contributed by atoms with Crippen molar-refractivity contribution >= 4 is 11.9 Å². The zero-order chi connectivity index (χ0) is 17.4. The highest BCUT2D eigenvalue weighted by atomic mass is 16.4. The van der Waals surface area contributed by atoms with Gasteiger partial charge in [0.15, 0.2) is 0 Å². The molecule has 0 radical (unpaired) electrons. The molecule has 0 unspecified atom stereocenters. The first-order chi connectivity index (χ1) is 10.5. The van der Waals surface area contributed by atoms with E-state index in [9.17, 15) is 9.59 Å². The number of aromatic carboxylic acids is 2. The molecule has 8 nitrogen and oxygen atoms in total. The molecule has 0 heterocycles. The number of likely N-dealkylation sites (N-methyl/N-ethyl adjacent to an activating group) is 2. The van der Waals surface area contributed by atoms with Gasteiger partial charge in [-0.25, -0.2) is 9.59 Å². The van der Waals surface area contributed by atoms with Crippen LogP contribution < -0.4 is 10.6 Å². The molecule has 1 rings (SSSR count). The zero-order valence-electron chi connectivity index (χ0n) is 12.7. The smallest absolute Gasteiger partial charge is 0.336 e. The van der Waals surface area contributed by atoms with Crippen molar-refractivity contribution in [1.29, 1.82) is 0 Å². The Morgan fingerprint density at radius 1 is 0.864 bits per heavy atom. The molecule has 1 aromatic rings. The number of nitrogens with one attached hydrogen (secondary N) is 2. The summed E-state index contributed by atoms with van der Waals surface area (Å²) in [5, 5.41) is 38.6. The molecule has 126 valence electrons. The largest absolute Gasteiger partial charge is 0.478 e. The third kappa shape index (κ3) is 11.8. The monoisotopic (exact) mass is 316 g/mol. The summed E-state index contributed by atoms with van der Waals surface area (Å²) in [5.74, 6) is -2.46. The van der Waals surface area contributed by atoms with Crippen LogP contribution in [0.1, 0.15) is 20.7 Å². The summed E-state index contributed by atoms with van der Waals surface area (Å²) in [4.78, 5) is 20.9. The maximum atomic E-state index is 10.5. The van der Waals surface area contributed by atoms with E-state index >= 15 is 0 Å². The average molecular weight is 316 g/mol. The van der Waals surface area contributed by atoms with E-state index in [0.29, 0.717) is 13.1 Å². The number of carbonyl (C=O) groups is 2. The summed E-state index contributed by atoms with van der Waals surface area (Å²) in [5.41, 5.74) is -0.380. The van der Waals surface area contributed by atoms with Crippen molar-refractivity contribution in [2.45, 2.75) is 0 Å². The van der Waals surface area contributed by atoms with E-state index < -0.39 is 11.9 Å². The van der Waals surface area contributed by atoms with Gasteiger partial charge in [-0.1, -0.05) is 12.1 Å². The molecule has 8 heteroatoms. The minimum Gasteiger partial charge on any atom is -0.478 e. The normalized spacial score (nSPS) is 8.91. The molecule has 0 aliphatic heterocycles. The third-order valence-corrected chi connectivity index (χ3v) is 2.11. The van der Waals surface area contributed by atoms with Gasteiger partial charge >= 0.3 is 11.9 Å². The van der Waals surface area contributed by atoms with E-state index in [1.807, 2.05) is 0 Å². The lowest BCUT2D eigenvalue weighted by Crippen LogP contribution is -2.10. The second-order valence-electron chi connectivity index (χ2n) is 3.81. The lowest BCUT2D eigenvalue weighted by atomic mass is 10.1. The van der Waals surface area contributed by atoms with Gasteiger partial charge in [-0.05, 0) is 26.2 Å². The van der Waals surface area contributed by atoms with Gasteiger partial charge in [0.05, 0.1) is 24.3 Å². The fourth-order valence-corrected chi connectivity index (χ4v) is 1.08. The molecular formula is C14H24N2O6. The lowest BCUT2D eigenvalue weighted by Gasteiger charge is -1.98. The van der Waals surface area contributed by atoms with Gasteiger partial charge in [0.1, 0.15) is 0 Å². The van der Waals surface area contributed by atoms with E-state index in [1.165, 1.54) is 24.3 Å². The molecular weight excluding hydrogens is 292 g/mol. The Bertz CT molecular complexity index is 383. The first kappa shape index (κ1) is 22.3. The van der Waals surface area contributed by atoms with Crippen LogP contribution >= 0.6 is 0 Å². The fraction of sp³-hybridized carbons (Fsp3) is 0.429. The van der Waals surface area contributed by atoms with Crippen LogP contribution in [0.15, 0.2) is 24.3 Å². The van der Waals surface area contributed by atoms with E-state index in [1.54, 1.807) is 14.1 Å². The highest BCUT2D eigenvalue weighted by molar-refractivity contribution is 6.01. The van der Waals surface area contributed by atoms with Crippen molar-refractivity contribution in [3.8, 4) is 0 Å². The summed E-state index contributed by atoms with van der Waals surface area (Å²) in [6, 6.07) is 5.48. The molecule has 0 atom stereocenters. The Morgan fingerprint density at radius 3 is 1.32 bits per heavy atom. The van der Waals surface area contributed by atoms with Crippen molar-refractivity contribution in [1.82, 2.24) is 10.6 Å². The minimum atomic E-state index is -1.23. The van der Waals surface area contributed by atoms with Crippen molar-refractivity contribution in [3.63, 3.8) is 0 Å². The maximum absolute atomic E-state index is 10.5. The quantitative estimate of drug-likeness (QED) is 0.412. The fourth-order valence-electron chi connectivity index (χ4n) is 1.08. The second kappa shape index (κ2) is 15.4. The molecule has 0 fully saturated rings. The van der Waals surface area contributed by atoms with Crippen LogP contribution in [0.2, 0.25) is 0 Å². The first-order valence-electron chi connectivity index (χ1n) is 6.52. The highest BCUT2D eigenvalue weighted by Crippen LogP contribution is 2.07. The molecule has 0 spiro atoms. The summed E-state index contributed by atoms with van der Waals surface area (Å²) in [6.07, 6.45) is 0. The van der Waals surface area contributed by atoms with Gasteiger partial charge in [-0.3, -0.25) is 0 Å². The van der Waals surface area contributed by atoms with Gasteiger partial charge in [0.25, 0.3) is 0 Å². The van der Waals surface area contributed by atoms with E-state index in [4.69, 9.17) is 20.4 Å². The molecule has 0 bridgehead atoms. The molecule has 0 aliphatic rings.